The highest BCUT2D eigenvalue weighted by molar-refractivity contribution is 7.85. The Labute approximate surface area is 92.0 Å². The zero-order valence-electron chi connectivity index (χ0n) is 6.46. The molecule has 94 valence electrons. The second-order valence-electron chi connectivity index (χ2n) is 2.23. The number of hydrogen-bond acceptors (Lipinski definition) is 3. The Morgan fingerprint density at radius 3 is 1.71 bits per heavy atom. The summed E-state index contributed by atoms with van der Waals surface area (Å²) in [5.74, 6) is 0. The first kappa shape index (κ1) is 29.2. The minimum Gasteiger partial charge on any atom is -0.270 e. The van der Waals surface area contributed by atoms with Crippen molar-refractivity contribution >= 4 is 10.1 Å². The topological polar surface area (TPSA) is 43.4 Å². The molecule has 0 atom stereocenters. The molecule has 0 aliphatic rings. The molecular formula is C10H30O3S. The van der Waals surface area contributed by atoms with Gasteiger partial charge in [-0.05, 0) is 6.42 Å². The Kier molecular flexibility index (Phi) is 32.1. The van der Waals surface area contributed by atoms with E-state index < -0.39 is 10.1 Å². The van der Waals surface area contributed by atoms with Crippen molar-refractivity contribution in [3.63, 3.8) is 0 Å². The van der Waals surface area contributed by atoms with Gasteiger partial charge >= 0.3 is 0 Å². The lowest BCUT2D eigenvalue weighted by atomic mass is 10.3. The summed E-state index contributed by atoms with van der Waals surface area (Å²) < 4.78 is 25.2. The molecule has 0 aliphatic heterocycles. The van der Waals surface area contributed by atoms with Crippen molar-refractivity contribution in [3.8, 4) is 0 Å². The average Bonchev–Trinajstić information content (AvgIpc) is 1.78. The first-order valence-electron chi connectivity index (χ1n) is 3.40. The monoisotopic (exact) mass is 230 g/mol. The molecule has 0 unspecified atom stereocenters. The lowest BCUT2D eigenvalue weighted by Crippen LogP contribution is -2.03. The predicted octanol–water partition coefficient (Wildman–Crippen LogP) is 3.70. The zero-order chi connectivity index (χ0) is 8.04. The summed E-state index contributed by atoms with van der Waals surface area (Å²) in [5, 5.41) is 0. The molecule has 0 rings (SSSR count). The molecule has 0 N–H and O–H groups in total. The van der Waals surface area contributed by atoms with Crippen LogP contribution >= 0.6 is 0 Å². The Balaban J connectivity index is -0.0000000675. The number of unbranched alkanes of at least 4 members (excludes halogenated alkanes) is 2. The van der Waals surface area contributed by atoms with Crippen molar-refractivity contribution in [2.24, 2.45) is 0 Å². The second kappa shape index (κ2) is 15.4. The van der Waals surface area contributed by atoms with Crippen LogP contribution in [0.1, 0.15) is 55.9 Å². The third-order valence-electron chi connectivity index (χ3n) is 1.05. The molecule has 0 amide bonds. The first-order chi connectivity index (χ1) is 4.56. The van der Waals surface area contributed by atoms with E-state index in [1.165, 1.54) is 0 Å². The van der Waals surface area contributed by atoms with Crippen molar-refractivity contribution in [1.82, 2.24) is 0 Å². The second-order valence-corrected chi connectivity index (χ2v) is 3.88. The van der Waals surface area contributed by atoms with Crippen molar-refractivity contribution < 1.29 is 12.6 Å². The fourth-order valence-corrected chi connectivity index (χ4v) is 0.983. The predicted molar refractivity (Wildman–Crippen MR) is 67.2 cm³/mol. The van der Waals surface area contributed by atoms with E-state index in [1.807, 2.05) is 0 Å². The molecule has 0 aliphatic carbocycles. The van der Waals surface area contributed by atoms with Crippen molar-refractivity contribution in [1.29, 1.82) is 0 Å². The van der Waals surface area contributed by atoms with Gasteiger partial charge in [0.25, 0.3) is 10.1 Å². The van der Waals surface area contributed by atoms with Crippen LogP contribution in [0.25, 0.3) is 0 Å². The van der Waals surface area contributed by atoms with Gasteiger partial charge in [-0.1, -0.05) is 49.5 Å². The fourth-order valence-electron chi connectivity index (χ4n) is 0.562. The maximum absolute atomic E-state index is 10.4. The molecule has 0 aromatic carbocycles. The number of rotatable bonds is 5. The van der Waals surface area contributed by atoms with Crippen molar-refractivity contribution in [2.45, 2.75) is 55.9 Å². The lowest BCUT2D eigenvalue weighted by Gasteiger charge is -1.98. The van der Waals surface area contributed by atoms with Crippen LogP contribution in [0.3, 0.4) is 0 Å². The highest BCUT2D eigenvalue weighted by Gasteiger charge is 1.98. The van der Waals surface area contributed by atoms with Gasteiger partial charge in [-0.25, -0.2) is 0 Å². The molecule has 0 radical (unpaired) electrons. The van der Waals surface area contributed by atoms with E-state index >= 15 is 0 Å². The van der Waals surface area contributed by atoms with Gasteiger partial charge in [0.05, 0.1) is 12.9 Å². The van der Waals surface area contributed by atoms with Gasteiger partial charge in [-0.3, -0.25) is 4.18 Å². The van der Waals surface area contributed by atoms with E-state index in [-0.39, 0.29) is 29.7 Å². The van der Waals surface area contributed by atoms with Gasteiger partial charge in [0.2, 0.25) is 0 Å². The maximum atomic E-state index is 10.4. The first-order valence-corrected chi connectivity index (χ1v) is 5.22. The molecule has 0 aromatic rings. The molecule has 0 spiro atoms. The fraction of sp³-hybridized carbons (Fsp3) is 1.00. The Bertz CT molecular complexity index is 162. The van der Waals surface area contributed by atoms with Crippen molar-refractivity contribution in [2.75, 3.05) is 12.9 Å². The van der Waals surface area contributed by atoms with Crippen molar-refractivity contribution in [3.05, 3.63) is 0 Å². The van der Waals surface area contributed by atoms with Crippen LogP contribution < -0.4 is 0 Å². The molecule has 0 fully saturated rings. The van der Waals surface area contributed by atoms with Gasteiger partial charge in [0.15, 0.2) is 0 Å². The molecule has 0 aromatic heterocycles. The molecule has 3 nitrogen and oxygen atoms in total. The van der Waals surface area contributed by atoms with E-state index in [2.05, 4.69) is 11.1 Å². The van der Waals surface area contributed by atoms with Crippen LogP contribution in [-0.2, 0) is 14.3 Å². The lowest BCUT2D eigenvalue weighted by molar-refractivity contribution is 0.311. The SMILES string of the molecule is C.C.C.C.CCCCCOS(C)(=O)=O. The van der Waals surface area contributed by atoms with Crippen LogP contribution in [-0.4, -0.2) is 21.3 Å². The minimum atomic E-state index is -3.20. The van der Waals surface area contributed by atoms with Crippen LogP contribution in [0.4, 0.5) is 0 Å². The molecule has 0 bridgehead atoms. The summed E-state index contributed by atoms with van der Waals surface area (Å²) in [6, 6.07) is 0. The molecule has 0 heterocycles. The normalized spacial score (nSPS) is 8.43. The van der Waals surface area contributed by atoms with E-state index in [9.17, 15) is 8.42 Å². The van der Waals surface area contributed by atoms with E-state index in [0.717, 1.165) is 25.5 Å². The summed E-state index contributed by atoms with van der Waals surface area (Å²) in [7, 11) is -3.20. The van der Waals surface area contributed by atoms with Gasteiger partial charge in [0, 0.05) is 0 Å². The molecule has 4 heteroatoms. The van der Waals surface area contributed by atoms with Crippen LogP contribution in [0.5, 0.6) is 0 Å². The van der Waals surface area contributed by atoms with Crippen LogP contribution in [0, 0.1) is 0 Å². The van der Waals surface area contributed by atoms with E-state index in [1.54, 1.807) is 0 Å². The molecule has 14 heavy (non-hydrogen) atoms. The summed E-state index contributed by atoms with van der Waals surface area (Å²) in [6.45, 7) is 2.38. The standard InChI is InChI=1S/C6H14O3S.4CH4/c1-3-4-5-6-9-10(2,7)8;;;;/h3-6H2,1-2H3;4*1H4. The Morgan fingerprint density at radius 2 is 1.43 bits per heavy atom. The maximum Gasteiger partial charge on any atom is 0.264 e. The van der Waals surface area contributed by atoms with Gasteiger partial charge < -0.3 is 0 Å². The van der Waals surface area contributed by atoms with Gasteiger partial charge in [-0.2, -0.15) is 8.42 Å². The largest absolute Gasteiger partial charge is 0.270 e. The number of hydrogen-bond donors (Lipinski definition) is 0. The summed E-state index contributed by atoms with van der Waals surface area (Å²) in [4.78, 5) is 0. The van der Waals surface area contributed by atoms with Crippen LogP contribution in [0.15, 0.2) is 0 Å². The molecule has 0 saturated carbocycles. The summed E-state index contributed by atoms with van der Waals surface area (Å²) in [5.41, 5.74) is 0. The smallest absolute Gasteiger partial charge is 0.264 e. The highest BCUT2D eigenvalue weighted by atomic mass is 32.2. The third-order valence-corrected chi connectivity index (χ3v) is 1.64. The minimum absolute atomic E-state index is 0. The van der Waals surface area contributed by atoms with Crippen LogP contribution in [0.2, 0.25) is 0 Å². The third kappa shape index (κ3) is 29.7. The Morgan fingerprint density at radius 1 is 1.00 bits per heavy atom. The summed E-state index contributed by atoms with van der Waals surface area (Å²) >= 11 is 0. The van der Waals surface area contributed by atoms with E-state index in [0.29, 0.717) is 6.61 Å². The van der Waals surface area contributed by atoms with Gasteiger partial charge in [-0.15, -0.1) is 0 Å². The highest BCUT2D eigenvalue weighted by Crippen LogP contribution is 1.96. The average molecular weight is 230 g/mol. The van der Waals surface area contributed by atoms with E-state index in [4.69, 9.17) is 0 Å². The zero-order valence-corrected chi connectivity index (χ0v) is 7.28. The Hall–Kier alpha value is -0.0900. The summed E-state index contributed by atoms with van der Waals surface area (Å²) in [6.07, 6.45) is 3.99. The molecular weight excluding hydrogens is 200 g/mol. The van der Waals surface area contributed by atoms with Gasteiger partial charge in [0.1, 0.15) is 0 Å². The quantitative estimate of drug-likeness (QED) is 0.534. The molecule has 0 saturated heterocycles.